The summed E-state index contributed by atoms with van der Waals surface area (Å²) in [6.07, 6.45) is -18.2. The van der Waals surface area contributed by atoms with E-state index in [4.69, 9.17) is 37.9 Å². The Balaban J connectivity index is 1.02. The van der Waals surface area contributed by atoms with E-state index >= 15 is 0 Å². The van der Waals surface area contributed by atoms with Gasteiger partial charge in [0, 0.05) is 12.0 Å². The third-order valence-electron chi connectivity index (χ3n) is 20.1. The van der Waals surface area contributed by atoms with E-state index < -0.39 is 140 Å². The summed E-state index contributed by atoms with van der Waals surface area (Å²) in [6.45, 7) is 12.9. The van der Waals surface area contributed by atoms with Gasteiger partial charge in [0.25, 0.3) is 0 Å². The molecule has 0 radical (unpaired) electrons. The smallest absolute Gasteiger partial charge is 0.187 e. The average Bonchev–Trinajstić information content (AvgIpc) is 3.72. The molecule has 73 heavy (non-hydrogen) atoms. The molecule has 422 valence electrons. The molecule has 4 saturated carbocycles. The fourth-order valence-electron chi connectivity index (χ4n) is 15.7. The molecule has 21 nitrogen and oxygen atoms in total. The van der Waals surface area contributed by atoms with E-state index in [1.54, 1.807) is 0 Å². The van der Waals surface area contributed by atoms with Crippen molar-refractivity contribution in [3.8, 4) is 0 Å². The van der Waals surface area contributed by atoms with Gasteiger partial charge in [-0.15, -0.1) is 0 Å². The molecule has 0 amide bonds. The zero-order valence-electron chi connectivity index (χ0n) is 43.5. The molecule has 8 aliphatic rings. The number of rotatable bonds is 15. The van der Waals surface area contributed by atoms with Crippen LogP contribution in [-0.4, -0.2) is 222 Å². The molecular formula is C52H88O21. The lowest BCUT2D eigenvalue weighted by molar-refractivity contribution is -0.384. The zero-order valence-corrected chi connectivity index (χ0v) is 43.5. The van der Waals surface area contributed by atoms with Crippen LogP contribution in [0.5, 0.6) is 0 Å². The fourth-order valence-corrected chi connectivity index (χ4v) is 15.7. The van der Waals surface area contributed by atoms with Crippen LogP contribution in [0.4, 0.5) is 0 Å². The Hall–Kier alpha value is -1.10. The lowest BCUT2D eigenvalue weighted by Crippen LogP contribution is -2.67. The van der Waals surface area contributed by atoms with Gasteiger partial charge in [0.05, 0.1) is 44.2 Å². The highest BCUT2D eigenvalue weighted by Gasteiger charge is 2.71. The van der Waals surface area contributed by atoms with Gasteiger partial charge in [-0.2, -0.15) is 0 Å². The fraction of sp³-hybridized carbons (Fsp3) is 0.962. The highest BCUT2D eigenvalue weighted by Crippen LogP contribution is 2.76. The van der Waals surface area contributed by atoms with Crippen molar-refractivity contribution in [3.05, 3.63) is 11.6 Å². The lowest BCUT2D eigenvalue weighted by Gasteiger charge is -2.70. The largest absolute Gasteiger partial charge is 0.396 e. The molecule has 0 aromatic rings. The SMILES string of the molecule is CC(C)=CCCC(O)(COC1OC(CO)C(O)C(O)C1O)C1CCC2(C)C1CCC1C3(CO)CCC(OC4OCC(O)C(OC5OCC(O)C(O)C5O)C4OC4OC(C)C(O)C(O)C4O)C(C)(C)C3CCC12C. The van der Waals surface area contributed by atoms with Crippen molar-refractivity contribution in [2.24, 2.45) is 45.3 Å². The molecule has 8 fully saturated rings. The second kappa shape index (κ2) is 22.2. The number of hydrogen-bond acceptors (Lipinski definition) is 21. The average molecular weight is 1050 g/mol. The second-order valence-corrected chi connectivity index (χ2v) is 24.5. The molecule has 8 rings (SSSR count). The van der Waals surface area contributed by atoms with Crippen molar-refractivity contribution in [2.45, 2.75) is 235 Å². The topological polar surface area (TPSA) is 337 Å². The predicted octanol–water partition coefficient (Wildman–Crippen LogP) is -0.923. The molecule has 4 heterocycles. The molecular weight excluding hydrogens is 961 g/mol. The molecule has 4 aliphatic carbocycles. The lowest BCUT2D eigenvalue weighted by atomic mass is 9.35. The maximum absolute atomic E-state index is 12.9. The first-order valence-corrected chi connectivity index (χ1v) is 26.8. The summed E-state index contributed by atoms with van der Waals surface area (Å²) in [5.41, 5.74) is -1.91. The van der Waals surface area contributed by atoms with Gasteiger partial charge in [-0.05, 0) is 125 Å². The van der Waals surface area contributed by atoms with E-state index in [2.05, 4.69) is 33.8 Å². The number of allylic oxidation sites excluding steroid dienone is 2. The first kappa shape index (κ1) is 58.1. The maximum Gasteiger partial charge on any atom is 0.187 e. The number of aliphatic hydroxyl groups is 13. The quantitative estimate of drug-likeness (QED) is 0.0697. The van der Waals surface area contributed by atoms with E-state index in [0.29, 0.717) is 32.1 Å². The number of fused-ring (bicyclic) bond motifs is 5. The molecule has 0 bridgehead atoms. The van der Waals surface area contributed by atoms with Crippen LogP contribution in [0.3, 0.4) is 0 Å². The van der Waals surface area contributed by atoms with E-state index in [1.807, 2.05) is 13.8 Å². The van der Waals surface area contributed by atoms with Gasteiger partial charge in [0.1, 0.15) is 79.4 Å². The molecule has 27 unspecified atom stereocenters. The van der Waals surface area contributed by atoms with Crippen LogP contribution in [-0.2, 0) is 37.9 Å². The van der Waals surface area contributed by atoms with Gasteiger partial charge in [-0.25, -0.2) is 0 Å². The summed E-state index contributed by atoms with van der Waals surface area (Å²) >= 11 is 0. The Morgan fingerprint density at radius 3 is 1.93 bits per heavy atom. The molecule has 0 aromatic carbocycles. The van der Waals surface area contributed by atoms with Crippen molar-refractivity contribution in [1.29, 1.82) is 0 Å². The van der Waals surface area contributed by atoms with E-state index in [0.717, 1.165) is 37.7 Å². The van der Waals surface area contributed by atoms with Crippen molar-refractivity contribution >= 4 is 0 Å². The minimum Gasteiger partial charge on any atom is -0.396 e. The van der Waals surface area contributed by atoms with Gasteiger partial charge in [-0.1, -0.05) is 39.3 Å². The first-order chi connectivity index (χ1) is 34.3. The molecule has 21 heteroatoms. The monoisotopic (exact) mass is 1050 g/mol. The predicted molar refractivity (Wildman–Crippen MR) is 254 cm³/mol. The third-order valence-corrected chi connectivity index (χ3v) is 20.1. The number of aliphatic hydroxyl groups excluding tert-OH is 12. The van der Waals surface area contributed by atoms with Crippen LogP contribution in [0, 0.1) is 45.3 Å². The Kier molecular flexibility index (Phi) is 17.7. The molecule has 0 aromatic heterocycles. The standard InChI is InChI=1S/C52H88O21/c1-24(2)9-8-15-52(65,23-68-45-40(63)38(61)36(59)30(19-53)70-45)27-12-16-49(6)26(27)10-11-32-50(49,7)17-13-31-48(4,5)33(14-18-51(31,32)22-54)71-47-43(73-46-41(64)37(60)34(57)25(3)69-46)42(29(56)21-67-47)72-44-39(62)35(58)28(55)20-66-44/h9,25-47,53-65H,8,10-23H2,1-7H3. The van der Waals surface area contributed by atoms with Gasteiger partial charge >= 0.3 is 0 Å². The summed E-state index contributed by atoms with van der Waals surface area (Å²) in [7, 11) is 0. The Morgan fingerprint density at radius 2 is 1.25 bits per heavy atom. The van der Waals surface area contributed by atoms with Crippen molar-refractivity contribution in [1.82, 2.24) is 0 Å². The van der Waals surface area contributed by atoms with E-state index in [-0.39, 0.29) is 60.9 Å². The Bertz CT molecular complexity index is 1870. The van der Waals surface area contributed by atoms with Crippen LogP contribution < -0.4 is 0 Å². The van der Waals surface area contributed by atoms with Crippen LogP contribution in [0.2, 0.25) is 0 Å². The normalized spacial score (nSPS) is 51.8. The summed E-state index contributed by atoms with van der Waals surface area (Å²) < 4.78 is 48.9. The molecule has 4 saturated heterocycles. The van der Waals surface area contributed by atoms with Gasteiger partial charge in [0.2, 0.25) is 0 Å². The highest BCUT2D eigenvalue weighted by atomic mass is 16.8. The van der Waals surface area contributed by atoms with Crippen LogP contribution >= 0.6 is 0 Å². The van der Waals surface area contributed by atoms with Crippen molar-refractivity contribution < 1.29 is 104 Å². The van der Waals surface area contributed by atoms with Gasteiger partial charge in [-0.3, -0.25) is 0 Å². The van der Waals surface area contributed by atoms with Gasteiger partial charge in [0.15, 0.2) is 25.2 Å². The number of hydrogen-bond donors (Lipinski definition) is 13. The van der Waals surface area contributed by atoms with Gasteiger partial charge < -0.3 is 104 Å². The first-order valence-electron chi connectivity index (χ1n) is 26.8. The van der Waals surface area contributed by atoms with Crippen LogP contribution in [0.1, 0.15) is 113 Å². The Morgan fingerprint density at radius 1 is 0.616 bits per heavy atom. The van der Waals surface area contributed by atoms with Crippen LogP contribution in [0.25, 0.3) is 0 Å². The summed E-state index contributed by atoms with van der Waals surface area (Å²) in [4.78, 5) is 0. The summed E-state index contributed by atoms with van der Waals surface area (Å²) in [6, 6.07) is 0. The molecule has 27 atom stereocenters. The van der Waals surface area contributed by atoms with Crippen molar-refractivity contribution in [2.75, 3.05) is 33.0 Å². The maximum atomic E-state index is 12.9. The summed E-state index contributed by atoms with van der Waals surface area (Å²) in [5.74, 6) is -0.0884. The Labute approximate surface area is 428 Å². The number of ether oxygens (including phenoxy) is 8. The summed E-state index contributed by atoms with van der Waals surface area (Å²) in [5, 5.41) is 142. The molecule has 0 spiro atoms. The van der Waals surface area contributed by atoms with Crippen molar-refractivity contribution in [3.63, 3.8) is 0 Å². The zero-order chi connectivity index (χ0) is 53.3. The minimum absolute atomic E-state index is 0.0487. The second-order valence-electron chi connectivity index (χ2n) is 24.5. The van der Waals surface area contributed by atoms with Crippen LogP contribution in [0.15, 0.2) is 11.6 Å². The molecule has 13 N–H and O–H groups in total. The third kappa shape index (κ3) is 10.3. The van der Waals surface area contributed by atoms with E-state index in [9.17, 15) is 66.4 Å². The van der Waals surface area contributed by atoms with E-state index in [1.165, 1.54) is 6.92 Å². The highest BCUT2D eigenvalue weighted by molar-refractivity contribution is 5.20. The minimum atomic E-state index is -1.75. The molecule has 4 aliphatic heterocycles.